The molecule has 1 nitrogen and oxygen atoms in total. The van der Waals surface area contributed by atoms with Gasteiger partial charge in [0.25, 0.3) is 0 Å². The third kappa shape index (κ3) is 2.38. The van der Waals surface area contributed by atoms with Crippen molar-refractivity contribution in [1.82, 2.24) is 4.72 Å². The standard InChI is InChI=1S/C11H17NS/c1-9-7-8-11(13-12-9)10-5-3-2-4-6-10/h3,5-6,9,11-12H,2,4,7-8H2,1H3/t9-,11?/m0/s1. The van der Waals surface area contributed by atoms with Crippen molar-refractivity contribution in [3.63, 3.8) is 0 Å². The summed E-state index contributed by atoms with van der Waals surface area (Å²) < 4.78 is 3.47. The smallest absolute Gasteiger partial charge is 0.0439 e. The van der Waals surface area contributed by atoms with Crippen molar-refractivity contribution in [2.24, 2.45) is 0 Å². The normalized spacial score (nSPS) is 34.4. The van der Waals surface area contributed by atoms with Gasteiger partial charge in [-0.2, -0.15) is 0 Å². The van der Waals surface area contributed by atoms with Crippen LogP contribution in [-0.4, -0.2) is 11.3 Å². The van der Waals surface area contributed by atoms with Crippen molar-refractivity contribution in [2.75, 3.05) is 0 Å². The molecule has 2 aliphatic rings. The van der Waals surface area contributed by atoms with Gasteiger partial charge >= 0.3 is 0 Å². The van der Waals surface area contributed by atoms with Crippen LogP contribution in [0.5, 0.6) is 0 Å². The SMILES string of the molecule is C[C@H]1CCC(C2=CCCC=C2)SN1. The molecule has 2 atom stereocenters. The predicted octanol–water partition coefficient (Wildman–Crippen LogP) is 3.05. The monoisotopic (exact) mass is 195 g/mol. The highest BCUT2D eigenvalue weighted by Crippen LogP contribution is 2.30. The van der Waals surface area contributed by atoms with Crippen LogP contribution in [0.4, 0.5) is 0 Å². The minimum absolute atomic E-state index is 0.689. The van der Waals surface area contributed by atoms with Crippen molar-refractivity contribution in [2.45, 2.75) is 43.9 Å². The fraction of sp³-hybridized carbons (Fsp3) is 0.636. The van der Waals surface area contributed by atoms with Crippen molar-refractivity contribution in [3.8, 4) is 0 Å². The third-order valence-corrected chi connectivity index (χ3v) is 4.00. The molecule has 2 rings (SSSR count). The van der Waals surface area contributed by atoms with Crippen LogP contribution >= 0.6 is 11.9 Å². The first-order valence-corrected chi connectivity index (χ1v) is 6.02. The Labute approximate surface area is 84.8 Å². The molecule has 0 amide bonds. The molecule has 1 N–H and O–H groups in total. The Morgan fingerprint density at radius 3 is 2.92 bits per heavy atom. The molecule has 0 bridgehead atoms. The molecule has 0 radical (unpaired) electrons. The highest BCUT2D eigenvalue weighted by atomic mass is 32.2. The van der Waals surface area contributed by atoms with Gasteiger partial charge in [0, 0.05) is 11.3 Å². The Hall–Kier alpha value is -0.210. The number of rotatable bonds is 1. The molecule has 2 heteroatoms. The molecule has 1 fully saturated rings. The Kier molecular flexibility index (Phi) is 3.12. The number of allylic oxidation sites excluding steroid dienone is 3. The molecular formula is C11H17NS. The van der Waals surface area contributed by atoms with Gasteiger partial charge in [-0.1, -0.05) is 30.2 Å². The molecular weight excluding hydrogens is 178 g/mol. The molecule has 1 aliphatic carbocycles. The summed E-state index contributed by atoms with van der Waals surface area (Å²) in [6.07, 6.45) is 12.1. The van der Waals surface area contributed by atoms with E-state index in [1.807, 2.05) is 11.9 Å². The molecule has 72 valence electrons. The highest BCUT2D eigenvalue weighted by Gasteiger charge is 2.20. The first-order valence-electron chi connectivity index (χ1n) is 5.14. The van der Waals surface area contributed by atoms with Crippen LogP contribution < -0.4 is 4.72 Å². The van der Waals surface area contributed by atoms with Crippen LogP contribution in [0.3, 0.4) is 0 Å². The van der Waals surface area contributed by atoms with Crippen LogP contribution in [0.1, 0.15) is 32.6 Å². The molecule has 0 aromatic rings. The van der Waals surface area contributed by atoms with Gasteiger partial charge in [-0.3, -0.25) is 4.72 Å². The lowest BCUT2D eigenvalue weighted by Gasteiger charge is -2.28. The Morgan fingerprint density at radius 1 is 1.38 bits per heavy atom. The van der Waals surface area contributed by atoms with Gasteiger partial charge in [-0.15, -0.1) is 0 Å². The molecule has 0 aromatic heterocycles. The molecule has 0 spiro atoms. The first-order chi connectivity index (χ1) is 6.36. The number of hydrogen-bond acceptors (Lipinski definition) is 2. The average Bonchev–Trinajstić information content (AvgIpc) is 2.20. The number of hydrogen-bond donors (Lipinski definition) is 1. The van der Waals surface area contributed by atoms with Gasteiger partial charge < -0.3 is 0 Å². The van der Waals surface area contributed by atoms with E-state index >= 15 is 0 Å². The van der Waals surface area contributed by atoms with E-state index in [1.165, 1.54) is 31.3 Å². The molecule has 0 aromatic carbocycles. The molecule has 1 saturated heterocycles. The van der Waals surface area contributed by atoms with E-state index in [1.54, 1.807) is 0 Å². The quantitative estimate of drug-likeness (QED) is 0.645. The van der Waals surface area contributed by atoms with Gasteiger partial charge in [0.15, 0.2) is 0 Å². The van der Waals surface area contributed by atoms with Crippen LogP contribution in [0.25, 0.3) is 0 Å². The summed E-state index contributed by atoms with van der Waals surface area (Å²) in [7, 11) is 0. The summed E-state index contributed by atoms with van der Waals surface area (Å²) in [5.74, 6) is 0. The summed E-state index contributed by atoms with van der Waals surface area (Å²) in [5, 5.41) is 0.702. The Morgan fingerprint density at radius 2 is 2.31 bits per heavy atom. The summed E-state index contributed by atoms with van der Waals surface area (Å²) in [5.41, 5.74) is 1.54. The van der Waals surface area contributed by atoms with Crippen LogP contribution in [0, 0.1) is 0 Å². The molecule has 1 heterocycles. The Balaban J connectivity index is 1.94. The lowest BCUT2D eigenvalue weighted by Crippen LogP contribution is -2.29. The van der Waals surface area contributed by atoms with E-state index in [0.29, 0.717) is 11.3 Å². The van der Waals surface area contributed by atoms with E-state index in [-0.39, 0.29) is 0 Å². The molecule has 1 aliphatic heterocycles. The van der Waals surface area contributed by atoms with Gasteiger partial charge in [0.05, 0.1) is 0 Å². The maximum Gasteiger partial charge on any atom is 0.0439 e. The maximum absolute atomic E-state index is 3.47. The minimum atomic E-state index is 0.689. The fourth-order valence-corrected chi connectivity index (χ4v) is 2.90. The zero-order valence-electron chi connectivity index (χ0n) is 8.12. The van der Waals surface area contributed by atoms with Gasteiger partial charge in [-0.05, 0) is 38.2 Å². The van der Waals surface area contributed by atoms with Crippen LogP contribution in [0.2, 0.25) is 0 Å². The van der Waals surface area contributed by atoms with E-state index in [4.69, 9.17) is 0 Å². The molecule has 0 saturated carbocycles. The predicted molar refractivity (Wildman–Crippen MR) is 59.7 cm³/mol. The maximum atomic E-state index is 3.47. The zero-order chi connectivity index (χ0) is 9.10. The van der Waals surface area contributed by atoms with E-state index in [2.05, 4.69) is 29.9 Å². The molecule has 1 unspecified atom stereocenters. The topological polar surface area (TPSA) is 12.0 Å². The average molecular weight is 195 g/mol. The van der Waals surface area contributed by atoms with Gasteiger partial charge in [-0.25, -0.2) is 0 Å². The zero-order valence-corrected chi connectivity index (χ0v) is 8.94. The van der Waals surface area contributed by atoms with Crippen LogP contribution in [-0.2, 0) is 0 Å². The summed E-state index contributed by atoms with van der Waals surface area (Å²) in [4.78, 5) is 0. The van der Waals surface area contributed by atoms with Crippen molar-refractivity contribution in [3.05, 3.63) is 23.8 Å². The minimum Gasteiger partial charge on any atom is -0.261 e. The fourth-order valence-electron chi connectivity index (χ4n) is 1.82. The molecule has 13 heavy (non-hydrogen) atoms. The van der Waals surface area contributed by atoms with Crippen LogP contribution in [0.15, 0.2) is 23.8 Å². The number of nitrogens with one attached hydrogen (secondary N) is 1. The summed E-state index contributed by atoms with van der Waals surface area (Å²) in [6, 6.07) is 0.689. The highest BCUT2D eigenvalue weighted by molar-refractivity contribution is 7.98. The van der Waals surface area contributed by atoms with Gasteiger partial charge in [0.2, 0.25) is 0 Å². The first kappa shape index (κ1) is 9.35. The Bertz CT molecular complexity index is 224. The summed E-state index contributed by atoms with van der Waals surface area (Å²) in [6.45, 7) is 2.26. The van der Waals surface area contributed by atoms with E-state index < -0.39 is 0 Å². The summed E-state index contributed by atoms with van der Waals surface area (Å²) >= 11 is 1.91. The second kappa shape index (κ2) is 4.34. The lowest BCUT2D eigenvalue weighted by molar-refractivity contribution is 0.573. The second-order valence-electron chi connectivity index (χ2n) is 3.89. The van der Waals surface area contributed by atoms with Crippen molar-refractivity contribution >= 4 is 11.9 Å². The van der Waals surface area contributed by atoms with Gasteiger partial charge in [0.1, 0.15) is 0 Å². The third-order valence-electron chi connectivity index (χ3n) is 2.67. The lowest BCUT2D eigenvalue weighted by atomic mass is 10.00. The second-order valence-corrected chi connectivity index (χ2v) is 4.93. The largest absolute Gasteiger partial charge is 0.261 e. The van der Waals surface area contributed by atoms with Crippen molar-refractivity contribution in [1.29, 1.82) is 0 Å². The van der Waals surface area contributed by atoms with E-state index in [0.717, 1.165) is 0 Å². The van der Waals surface area contributed by atoms with E-state index in [9.17, 15) is 0 Å². The van der Waals surface area contributed by atoms with Crippen molar-refractivity contribution < 1.29 is 0 Å².